The van der Waals surface area contributed by atoms with Crippen molar-refractivity contribution in [2.24, 2.45) is 10.9 Å². The van der Waals surface area contributed by atoms with Gasteiger partial charge < -0.3 is 15.7 Å². The highest BCUT2D eigenvalue weighted by atomic mass is 16.5. The maximum atomic E-state index is 8.67. The number of oxime groups is 1. The van der Waals surface area contributed by atoms with Crippen LogP contribution in [0.4, 0.5) is 0 Å². The van der Waals surface area contributed by atoms with Crippen molar-refractivity contribution in [1.82, 2.24) is 15.2 Å². The van der Waals surface area contributed by atoms with Crippen LogP contribution in [0.1, 0.15) is 11.3 Å². The summed E-state index contributed by atoms with van der Waals surface area (Å²) < 4.78 is 5.48. The van der Waals surface area contributed by atoms with Gasteiger partial charge in [-0.25, -0.2) is 0 Å². The summed E-state index contributed by atoms with van der Waals surface area (Å²) in [6, 6.07) is 7.23. The zero-order chi connectivity index (χ0) is 13.5. The fourth-order valence-corrected chi connectivity index (χ4v) is 1.47. The summed E-state index contributed by atoms with van der Waals surface area (Å²) in [6.07, 6.45) is 3.80. The van der Waals surface area contributed by atoms with Crippen LogP contribution in [0.3, 0.4) is 0 Å². The molecule has 0 atom stereocenters. The van der Waals surface area contributed by atoms with Gasteiger partial charge in [-0.1, -0.05) is 11.2 Å². The van der Waals surface area contributed by atoms with E-state index in [9.17, 15) is 0 Å². The molecule has 0 aliphatic heterocycles. The Balaban J connectivity index is 2.00. The van der Waals surface area contributed by atoms with Gasteiger partial charge in [0, 0.05) is 18.3 Å². The van der Waals surface area contributed by atoms with Crippen LogP contribution in [0.15, 0.2) is 41.8 Å². The molecule has 0 aliphatic rings. The number of hydrogen-bond donors (Lipinski definition) is 2. The van der Waals surface area contributed by atoms with Gasteiger partial charge in [-0.15, -0.1) is 5.10 Å². The number of pyridine rings is 1. The van der Waals surface area contributed by atoms with E-state index >= 15 is 0 Å². The largest absolute Gasteiger partial charge is 0.476 e. The third-order valence-corrected chi connectivity index (χ3v) is 2.39. The van der Waals surface area contributed by atoms with E-state index in [1.54, 1.807) is 12.3 Å². The van der Waals surface area contributed by atoms with E-state index < -0.39 is 0 Å². The Kier molecular flexibility index (Phi) is 4.22. The Morgan fingerprint density at radius 3 is 2.95 bits per heavy atom. The molecule has 2 heterocycles. The van der Waals surface area contributed by atoms with E-state index in [1.807, 2.05) is 18.2 Å². The molecule has 98 valence electrons. The Hall–Kier alpha value is -2.70. The molecule has 19 heavy (non-hydrogen) atoms. The zero-order valence-corrected chi connectivity index (χ0v) is 10.1. The van der Waals surface area contributed by atoms with Crippen LogP contribution < -0.4 is 10.5 Å². The number of hydrogen-bond acceptors (Lipinski definition) is 6. The lowest BCUT2D eigenvalue weighted by molar-refractivity contribution is 0.301. The van der Waals surface area contributed by atoms with Crippen LogP contribution >= 0.6 is 0 Å². The number of aromatic nitrogens is 3. The van der Waals surface area contributed by atoms with Crippen LogP contribution in [-0.2, 0) is 6.42 Å². The quantitative estimate of drug-likeness (QED) is 0.352. The molecule has 2 aromatic heterocycles. The minimum atomic E-state index is -0.0669. The third-order valence-electron chi connectivity index (χ3n) is 2.39. The summed E-state index contributed by atoms with van der Waals surface area (Å²) in [5, 5.41) is 19.1. The second-order valence-corrected chi connectivity index (χ2v) is 3.65. The minimum Gasteiger partial charge on any atom is -0.476 e. The second-order valence-electron chi connectivity index (χ2n) is 3.65. The van der Waals surface area contributed by atoms with Gasteiger partial charge in [0.2, 0.25) is 5.88 Å². The lowest BCUT2D eigenvalue weighted by atomic mass is 10.2. The van der Waals surface area contributed by atoms with E-state index in [0.29, 0.717) is 18.6 Å². The van der Waals surface area contributed by atoms with Crippen LogP contribution in [0.25, 0.3) is 0 Å². The molecule has 7 nitrogen and oxygen atoms in total. The number of amidine groups is 1. The smallest absolute Gasteiger partial charge is 0.244 e. The van der Waals surface area contributed by atoms with Gasteiger partial charge in [0.05, 0.1) is 18.4 Å². The van der Waals surface area contributed by atoms with Crippen molar-refractivity contribution in [1.29, 1.82) is 0 Å². The highest BCUT2D eigenvalue weighted by Crippen LogP contribution is 2.12. The van der Waals surface area contributed by atoms with Crippen molar-refractivity contribution in [2.45, 2.75) is 6.42 Å². The molecule has 0 unspecified atom stereocenters. The topological polar surface area (TPSA) is 107 Å². The van der Waals surface area contributed by atoms with Gasteiger partial charge >= 0.3 is 0 Å². The highest BCUT2D eigenvalue weighted by molar-refractivity contribution is 5.98. The first kappa shape index (κ1) is 12.7. The molecule has 0 fully saturated rings. The maximum Gasteiger partial charge on any atom is 0.244 e. The molecule has 0 amide bonds. The first-order chi connectivity index (χ1) is 9.31. The molecule has 2 rings (SSSR count). The molecule has 3 N–H and O–H groups in total. The fraction of sp³-hybridized carbons (Fsp3) is 0.167. The summed E-state index contributed by atoms with van der Waals surface area (Å²) in [6.45, 7) is 0.376. The maximum absolute atomic E-state index is 8.67. The SMILES string of the molecule is N/C(=N/O)c1ccnnc1OCCc1ccccn1. The molecule has 0 aliphatic carbocycles. The lowest BCUT2D eigenvalue weighted by Crippen LogP contribution is -2.16. The summed E-state index contributed by atoms with van der Waals surface area (Å²) in [7, 11) is 0. The Morgan fingerprint density at radius 2 is 2.21 bits per heavy atom. The van der Waals surface area contributed by atoms with E-state index in [1.165, 1.54) is 6.20 Å². The van der Waals surface area contributed by atoms with Gasteiger partial charge in [0.15, 0.2) is 5.84 Å². The van der Waals surface area contributed by atoms with Gasteiger partial charge in [0.25, 0.3) is 0 Å². The number of nitrogens with two attached hydrogens (primary N) is 1. The predicted octanol–water partition coefficient (Wildman–Crippen LogP) is 0.588. The Morgan fingerprint density at radius 1 is 1.32 bits per heavy atom. The normalized spacial score (nSPS) is 11.3. The van der Waals surface area contributed by atoms with Gasteiger partial charge in [-0.3, -0.25) is 4.98 Å². The van der Waals surface area contributed by atoms with Crippen LogP contribution in [0.5, 0.6) is 5.88 Å². The Bertz CT molecular complexity index is 559. The second kappa shape index (κ2) is 6.29. The molecular weight excluding hydrogens is 246 g/mol. The van der Waals surface area contributed by atoms with Crippen molar-refractivity contribution in [3.05, 3.63) is 47.9 Å². The van der Waals surface area contributed by atoms with E-state index in [0.717, 1.165) is 5.69 Å². The van der Waals surface area contributed by atoms with Crippen molar-refractivity contribution in [3.8, 4) is 5.88 Å². The van der Waals surface area contributed by atoms with E-state index in [4.69, 9.17) is 15.7 Å². The summed E-state index contributed by atoms with van der Waals surface area (Å²) in [5.74, 6) is 0.163. The van der Waals surface area contributed by atoms with Crippen LogP contribution in [0, 0.1) is 0 Å². The number of nitrogens with zero attached hydrogens (tertiary/aromatic N) is 4. The van der Waals surface area contributed by atoms with Crippen molar-refractivity contribution in [3.63, 3.8) is 0 Å². The van der Waals surface area contributed by atoms with Gasteiger partial charge in [-0.05, 0) is 18.2 Å². The number of rotatable bonds is 5. The van der Waals surface area contributed by atoms with Crippen molar-refractivity contribution < 1.29 is 9.94 Å². The molecule has 7 heteroatoms. The van der Waals surface area contributed by atoms with Crippen LogP contribution in [-0.4, -0.2) is 32.8 Å². The molecule has 0 bridgehead atoms. The molecular formula is C12H13N5O2. The summed E-state index contributed by atoms with van der Waals surface area (Å²) >= 11 is 0. The van der Waals surface area contributed by atoms with Crippen molar-refractivity contribution >= 4 is 5.84 Å². The van der Waals surface area contributed by atoms with Crippen molar-refractivity contribution in [2.75, 3.05) is 6.61 Å². The first-order valence-corrected chi connectivity index (χ1v) is 5.63. The first-order valence-electron chi connectivity index (χ1n) is 5.63. The predicted molar refractivity (Wildman–Crippen MR) is 68.0 cm³/mol. The molecule has 0 saturated carbocycles. The van der Waals surface area contributed by atoms with Crippen LogP contribution in [0.2, 0.25) is 0 Å². The lowest BCUT2D eigenvalue weighted by Gasteiger charge is -2.07. The van der Waals surface area contributed by atoms with E-state index in [-0.39, 0.29) is 11.7 Å². The molecule has 0 aromatic carbocycles. The fourth-order valence-electron chi connectivity index (χ4n) is 1.47. The molecule has 0 radical (unpaired) electrons. The zero-order valence-electron chi connectivity index (χ0n) is 10.1. The monoisotopic (exact) mass is 259 g/mol. The molecule has 0 spiro atoms. The number of ether oxygens (including phenoxy) is 1. The Labute approximate surface area is 109 Å². The van der Waals surface area contributed by atoms with Gasteiger partial charge in [-0.2, -0.15) is 5.10 Å². The average molecular weight is 259 g/mol. The summed E-state index contributed by atoms with van der Waals surface area (Å²) in [4.78, 5) is 4.18. The third kappa shape index (κ3) is 3.38. The van der Waals surface area contributed by atoms with Gasteiger partial charge in [0.1, 0.15) is 0 Å². The summed E-state index contributed by atoms with van der Waals surface area (Å²) in [5.41, 5.74) is 6.83. The minimum absolute atomic E-state index is 0.0669. The standard InChI is InChI=1S/C12H13N5O2/c13-11(17-18)10-4-7-15-16-12(10)19-8-5-9-3-1-2-6-14-9/h1-4,6-7,18H,5,8H2,(H2,13,17). The highest BCUT2D eigenvalue weighted by Gasteiger charge is 2.09. The molecule has 0 saturated heterocycles. The molecule has 2 aromatic rings. The average Bonchev–Trinajstić information content (AvgIpc) is 2.48. The van der Waals surface area contributed by atoms with E-state index in [2.05, 4.69) is 20.3 Å².